The molecular weight excluding hydrogens is 305 g/mol. The van der Waals surface area contributed by atoms with Gasteiger partial charge in [-0.1, -0.05) is 12.1 Å². The minimum atomic E-state index is -1.61. The molecule has 0 spiro atoms. The molecule has 0 aliphatic heterocycles. The van der Waals surface area contributed by atoms with E-state index in [4.69, 9.17) is 10.5 Å². The molecule has 0 saturated heterocycles. The minimum absolute atomic E-state index is 0.330. The van der Waals surface area contributed by atoms with Crippen LogP contribution in [0.1, 0.15) is 11.3 Å². The van der Waals surface area contributed by atoms with Crippen LogP contribution in [0.25, 0.3) is 21.9 Å². The Hall–Kier alpha value is -2.64. The second-order valence-electron chi connectivity index (χ2n) is 5.72. The largest absolute Gasteiger partial charge is 0.497 e. The van der Waals surface area contributed by atoms with Gasteiger partial charge >= 0.3 is 7.12 Å². The van der Waals surface area contributed by atoms with Crippen molar-refractivity contribution in [1.82, 2.24) is 10.2 Å². The summed E-state index contributed by atoms with van der Waals surface area (Å²) in [5, 5.41) is 29.0. The third-order valence-electron chi connectivity index (χ3n) is 4.11. The van der Waals surface area contributed by atoms with Crippen LogP contribution >= 0.6 is 0 Å². The van der Waals surface area contributed by atoms with Gasteiger partial charge in [0, 0.05) is 16.2 Å². The molecule has 1 heterocycles. The molecule has 0 radical (unpaired) electrons. The standard InChI is InChI=1S/C17H18BN3O3/c1-9-6-12(8-15(18(22)23)16(9)24-3)11-4-5-13-14(7-11)10(2)20-21-17(13)19/h4-8,22-23H,1-3H3,(H2,19,21). The highest BCUT2D eigenvalue weighted by atomic mass is 16.5. The van der Waals surface area contributed by atoms with Gasteiger partial charge in [-0.15, -0.1) is 5.10 Å². The second-order valence-corrected chi connectivity index (χ2v) is 5.72. The highest BCUT2D eigenvalue weighted by Crippen LogP contribution is 2.29. The molecule has 0 aliphatic rings. The van der Waals surface area contributed by atoms with Crippen molar-refractivity contribution >= 4 is 29.2 Å². The summed E-state index contributed by atoms with van der Waals surface area (Å²) in [6, 6.07) is 9.46. The molecule has 3 rings (SSSR count). The molecule has 7 heteroatoms. The lowest BCUT2D eigenvalue weighted by Gasteiger charge is -2.14. The Labute approximate surface area is 140 Å². The smallest absolute Gasteiger partial charge is 0.492 e. The Kier molecular flexibility index (Phi) is 4.13. The number of ether oxygens (including phenoxy) is 1. The number of benzene rings is 2. The van der Waals surface area contributed by atoms with E-state index in [0.717, 1.165) is 33.2 Å². The van der Waals surface area contributed by atoms with E-state index in [2.05, 4.69) is 10.2 Å². The zero-order chi connectivity index (χ0) is 17.4. The van der Waals surface area contributed by atoms with Crippen molar-refractivity contribution in [1.29, 1.82) is 0 Å². The number of aromatic nitrogens is 2. The molecule has 0 saturated carbocycles. The predicted octanol–water partition coefficient (Wildman–Crippen LogP) is 1.18. The van der Waals surface area contributed by atoms with Gasteiger partial charge in [0.25, 0.3) is 0 Å². The van der Waals surface area contributed by atoms with Gasteiger partial charge in [-0.3, -0.25) is 0 Å². The number of nitrogens with zero attached hydrogens (tertiary/aromatic N) is 2. The van der Waals surface area contributed by atoms with E-state index in [9.17, 15) is 10.0 Å². The summed E-state index contributed by atoms with van der Waals surface area (Å²) >= 11 is 0. The molecule has 2 aromatic carbocycles. The number of aryl methyl sites for hydroxylation is 2. The first-order valence-electron chi connectivity index (χ1n) is 7.50. The number of rotatable bonds is 3. The van der Waals surface area contributed by atoms with Crippen molar-refractivity contribution in [3.63, 3.8) is 0 Å². The average molecular weight is 323 g/mol. The van der Waals surface area contributed by atoms with Gasteiger partial charge in [0.1, 0.15) is 5.75 Å². The molecule has 6 nitrogen and oxygen atoms in total. The molecule has 0 atom stereocenters. The Morgan fingerprint density at radius 1 is 1.00 bits per heavy atom. The van der Waals surface area contributed by atoms with Crippen molar-refractivity contribution in [3.05, 3.63) is 41.6 Å². The fourth-order valence-corrected chi connectivity index (χ4v) is 2.92. The molecule has 4 N–H and O–H groups in total. The Morgan fingerprint density at radius 2 is 1.75 bits per heavy atom. The molecule has 0 amide bonds. The summed E-state index contributed by atoms with van der Waals surface area (Å²) in [6.07, 6.45) is 0. The van der Waals surface area contributed by atoms with Crippen molar-refractivity contribution < 1.29 is 14.8 Å². The Bertz CT molecular complexity index is 929. The van der Waals surface area contributed by atoms with E-state index in [1.807, 2.05) is 38.1 Å². The number of fused-ring (bicyclic) bond motifs is 1. The number of nitrogens with two attached hydrogens (primary N) is 1. The van der Waals surface area contributed by atoms with E-state index in [-0.39, 0.29) is 0 Å². The fourth-order valence-electron chi connectivity index (χ4n) is 2.92. The topological polar surface area (TPSA) is 101 Å². The van der Waals surface area contributed by atoms with Crippen molar-refractivity contribution in [3.8, 4) is 16.9 Å². The van der Waals surface area contributed by atoms with Gasteiger partial charge in [-0.05, 0) is 48.7 Å². The zero-order valence-corrected chi connectivity index (χ0v) is 13.7. The van der Waals surface area contributed by atoms with Crippen LogP contribution in [-0.4, -0.2) is 34.5 Å². The van der Waals surface area contributed by atoms with Crippen LogP contribution in [0, 0.1) is 13.8 Å². The van der Waals surface area contributed by atoms with Crippen molar-refractivity contribution in [2.24, 2.45) is 0 Å². The van der Waals surface area contributed by atoms with Gasteiger partial charge in [0.2, 0.25) is 0 Å². The van der Waals surface area contributed by atoms with Gasteiger partial charge in [0.15, 0.2) is 5.82 Å². The zero-order valence-electron chi connectivity index (χ0n) is 13.7. The van der Waals surface area contributed by atoms with Crippen LogP contribution in [0.4, 0.5) is 5.82 Å². The molecule has 122 valence electrons. The maximum Gasteiger partial charge on any atom is 0.492 e. The van der Waals surface area contributed by atoms with E-state index in [0.29, 0.717) is 17.0 Å². The Morgan fingerprint density at radius 3 is 2.42 bits per heavy atom. The van der Waals surface area contributed by atoms with Gasteiger partial charge in [0.05, 0.1) is 12.8 Å². The lowest BCUT2D eigenvalue weighted by molar-refractivity contribution is 0.401. The number of methoxy groups -OCH3 is 1. The van der Waals surface area contributed by atoms with E-state index >= 15 is 0 Å². The lowest BCUT2D eigenvalue weighted by Crippen LogP contribution is -2.31. The summed E-state index contributed by atoms with van der Waals surface area (Å²) in [6.45, 7) is 3.74. The van der Waals surface area contributed by atoms with Crippen molar-refractivity contribution in [2.75, 3.05) is 12.8 Å². The van der Waals surface area contributed by atoms with Crippen molar-refractivity contribution in [2.45, 2.75) is 13.8 Å². The first-order valence-corrected chi connectivity index (χ1v) is 7.50. The van der Waals surface area contributed by atoms with Gasteiger partial charge in [-0.2, -0.15) is 5.10 Å². The molecule has 1 aromatic heterocycles. The monoisotopic (exact) mass is 323 g/mol. The number of hydrogen-bond donors (Lipinski definition) is 3. The summed E-state index contributed by atoms with van der Waals surface area (Å²) in [4.78, 5) is 0. The van der Waals surface area contributed by atoms with Crippen LogP contribution in [-0.2, 0) is 0 Å². The van der Waals surface area contributed by atoms with Crippen LogP contribution < -0.4 is 15.9 Å². The molecule has 3 aromatic rings. The third kappa shape index (κ3) is 2.68. The Balaban J connectivity index is 2.22. The maximum atomic E-state index is 9.62. The molecule has 0 fully saturated rings. The van der Waals surface area contributed by atoms with Crippen LogP contribution in [0.5, 0.6) is 5.75 Å². The highest BCUT2D eigenvalue weighted by Gasteiger charge is 2.20. The molecule has 24 heavy (non-hydrogen) atoms. The number of nitrogen functional groups attached to an aromatic ring is 1. The first-order chi connectivity index (χ1) is 11.4. The molecular formula is C17H18BN3O3. The van der Waals surface area contributed by atoms with E-state index in [1.165, 1.54) is 7.11 Å². The summed E-state index contributed by atoms with van der Waals surface area (Å²) in [5.74, 6) is 0.861. The van der Waals surface area contributed by atoms with Gasteiger partial charge < -0.3 is 20.5 Å². The van der Waals surface area contributed by atoms with E-state index in [1.54, 1.807) is 6.07 Å². The van der Waals surface area contributed by atoms with Crippen LogP contribution in [0.3, 0.4) is 0 Å². The molecule has 0 aliphatic carbocycles. The predicted molar refractivity (Wildman–Crippen MR) is 95.2 cm³/mol. The first kappa shape index (κ1) is 16.2. The van der Waals surface area contributed by atoms with E-state index < -0.39 is 7.12 Å². The fraction of sp³-hybridized carbons (Fsp3) is 0.176. The number of anilines is 1. The maximum absolute atomic E-state index is 9.62. The summed E-state index contributed by atoms with van der Waals surface area (Å²) in [7, 11) is -0.100. The third-order valence-corrected chi connectivity index (χ3v) is 4.11. The highest BCUT2D eigenvalue weighted by molar-refractivity contribution is 6.60. The average Bonchev–Trinajstić information content (AvgIpc) is 2.57. The second kappa shape index (κ2) is 6.11. The summed E-state index contributed by atoms with van der Waals surface area (Å²) < 4.78 is 5.28. The normalized spacial score (nSPS) is 10.9. The molecule has 0 unspecified atom stereocenters. The van der Waals surface area contributed by atoms with Crippen LogP contribution in [0.15, 0.2) is 30.3 Å². The summed E-state index contributed by atoms with van der Waals surface area (Å²) in [5.41, 5.74) is 9.60. The number of hydrogen-bond acceptors (Lipinski definition) is 6. The SMILES string of the molecule is COc1c(C)cc(-c2ccc3c(N)nnc(C)c3c2)cc1B(O)O. The van der Waals surface area contributed by atoms with Gasteiger partial charge in [-0.25, -0.2) is 0 Å². The minimum Gasteiger partial charge on any atom is -0.497 e. The quantitative estimate of drug-likeness (QED) is 0.626. The molecule has 0 bridgehead atoms. The lowest BCUT2D eigenvalue weighted by atomic mass is 9.77. The van der Waals surface area contributed by atoms with Crippen LogP contribution in [0.2, 0.25) is 0 Å².